The number of thioether (sulfide) groups is 1. The third-order valence-electron chi connectivity index (χ3n) is 4.94. The van der Waals surface area contributed by atoms with Crippen LogP contribution in [-0.2, 0) is 0 Å². The van der Waals surface area contributed by atoms with E-state index in [0.29, 0.717) is 12.1 Å². The van der Waals surface area contributed by atoms with Crippen molar-refractivity contribution in [1.82, 2.24) is 15.5 Å². The third kappa shape index (κ3) is 4.64. The second-order valence-electron chi connectivity index (χ2n) is 6.57. The van der Waals surface area contributed by atoms with Gasteiger partial charge in [0.15, 0.2) is 0 Å². The number of urea groups is 1. The van der Waals surface area contributed by atoms with Crippen LogP contribution in [0.15, 0.2) is 30.3 Å². The molecule has 1 aromatic carbocycles. The summed E-state index contributed by atoms with van der Waals surface area (Å²) in [6.45, 7) is 4.22. The number of nitrogens with one attached hydrogen (secondary N) is 2. The molecule has 2 saturated heterocycles. The van der Waals surface area contributed by atoms with Gasteiger partial charge < -0.3 is 10.6 Å². The molecule has 2 fully saturated rings. The number of rotatable bonds is 4. The molecular formula is C18H27N3OS. The second-order valence-corrected chi connectivity index (χ2v) is 7.80. The van der Waals surface area contributed by atoms with E-state index in [-0.39, 0.29) is 12.1 Å². The summed E-state index contributed by atoms with van der Waals surface area (Å²) in [5.41, 5.74) is 1.34. The molecule has 0 saturated carbocycles. The number of benzene rings is 1. The molecule has 0 radical (unpaired) electrons. The summed E-state index contributed by atoms with van der Waals surface area (Å²) in [6, 6.07) is 11.6. The summed E-state index contributed by atoms with van der Waals surface area (Å²) in [5, 5.41) is 6.30. The fraction of sp³-hybridized carbons (Fsp3) is 0.611. The van der Waals surface area contributed by atoms with Crippen LogP contribution in [0.3, 0.4) is 0 Å². The predicted octanol–water partition coefficient (Wildman–Crippen LogP) is 3.02. The van der Waals surface area contributed by atoms with Gasteiger partial charge in [0, 0.05) is 31.2 Å². The maximum Gasteiger partial charge on any atom is 0.315 e. The minimum absolute atomic E-state index is 0.0149. The Morgan fingerprint density at radius 3 is 2.57 bits per heavy atom. The highest BCUT2D eigenvalue weighted by atomic mass is 32.2. The van der Waals surface area contributed by atoms with Crippen LogP contribution in [0.4, 0.5) is 4.79 Å². The maximum absolute atomic E-state index is 12.2. The number of hydrogen-bond donors (Lipinski definition) is 2. The Labute approximate surface area is 143 Å². The fourth-order valence-electron chi connectivity index (χ4n) is 3.45. The van der Waals surface area contributed by atoms with Gasteiger partial charge in [-0.3, -0.25) is 4.90 Å². The monoisotopic (exact) mass is 333 g/mol. The summed E-state index contributed by atoms with van der Waals surface area (Å²) >= 11 is 1.98. The van der Waals surface area contributed by atoms with Crippen molar-refractivity contribution in [2.24, 2.45) is 0 Å². The zero-order valence-corrected chi connectivity index (χ0v) is 14.6. The molecule has 2 atom stereocenters. The van der Waals surface area contributed by atoms with Crippen LogP contribution in [0.1, 0.15) is 37.8 Å². The van der Waals surface area contributed by atoms with Gasteiger partial charge in [0.1, 0.15) is 0 Å². The van der Waals surface area contributed by atoms with Gasteiger partial charge in [-0.05, 0) is 43.3 Å². The Hall–Kier alpha value is -1.20. The van der Waals surface area contributed by atoms with Gasteiger partial charge in [-0.2, -0.15) is 11.8 Å². The molecule has 3 rings (SSSR count). The zero-order valence-electron chi connectivity index (χ0n) is 13.8. The molecule has 0 aliphatic carbocycles. The number of hydrogen-bond acceptors (Lipinski definition) is 3. The average molecular weight is 334 g/mol. The minimum atomic E-state index is 0.0149. The second kappa shape index (κ2) is 8.06. The highest BCUT2D eigenvalue weighted by Gasteiger charge is 2.28. The lowest BCUT2D eigenvalue weighted by Gasteiger charge is -2.26. The lowest BCUT2D eigenvalue weighted by molar-refractivity contribution is 0.228. The van der Waals surface area contributed by atoms with Crippen molar-refractivity contribution >= 4 is 17.8 Å². The van der Waals surface area contributed by atoms with Crippen molar-refractivity contribution in [2.75, 3.05) is 24.6 Å². The number of nitrogens with zero attached hydrogens (tertiary/aromatic N) is 1. The van der Waals surface area contributed by atoms with Crippen molar-refractivity contribution in [2.45, 2.75) is 44.3 Å². The van der Waals surface area contributed by atoms with Crippen LogP contribution in [0.5, 0.6) is 0 Å². The van der Waals surface area contributed by atoms with Crippen molar-refractivity contribution < 1.29 is 4.79 Å². The van der Waals surface area contributed by atoms with E-state index in [4.69, 9.17) is 0 Å². The van der Waals surface area contributed by atoms with Crippen LogP contribution in [0.2, 0.25) is 0 Å². The molecule has 1 aromatic rings. The molecule has 2 aliphatic heterocycles. The Bertz CT molecular complexity index is 504. The van der Waals surface area contributed by atoms with Crippen molar-refractivity contribution in [1.29, 1.82) is 0 Å². The van der Waals surface area contributed by atoms with Crippen LogP contribution >= 0.6 is 11.8 Å². The van der Waals surface area contributed by atoms with Gasteiger partial charge in [-0.1, -0.05) is 30.3 Å². The zero-order chi connectivity index (χ0) is 16.1. The lowest BCUT2D eigenvalue weighted by Crippen LogP contribution is -2.48. The molecule has 126 valence electrons. The normalized spacial score (nSPS) is 24.3. The molecule has 23 heavy (non-hydrogen) atoms. The highest BCUT2D eigenvalue weighted by molar-refractivity contribution is 7.99. The first kappa shape index (κ1) is 16.7. The molecule has 0 unspecified atom stereocenters. The molecule has 0 aromatic heterocycles. The standard InChI is InChI=1S/C18H27N3OS/c1-14(15-5-3-2-4-6-15)21-10-7-17(13-21)20-18(22)19-16-8-11-23-12-9-16/h2-6,14,16-17H,7-13H2,1H3,(H2,19,20,22)/t14-,17-/m0/s1. The Morgan fingerprint density at radius 2 is 1.83 bits per heavy atom. The molecule has 2 heterocycles. The number of amides is 2. The van der Waals surface area contributed by atoms with E-state index in [1.807, 2.05) is 11.8 Å². The quantitative estimate of drug-likeness (QED) is 0.890. The third-order valence-corrected chi connectivity index (χ3v) is 5.99. The van der Waals surface area contributed by atoms with E-state index in [2.05, 4.69) is 52.8 Å². The predicted molar refractivity (Wildman–Crippen MR) is 96.8 cm³/mol. The van der Waals surface area contributed by atoms with Crippen molar-refractivity contribution in [3.8, 4) is 0 Å². The topological polar surface area (TPSA) is 44.4 Å². The van der Waals surface area contributed by atoms with Crippen LogP contribution in [-0.4, -0.2) is 47.6 Å². The Morgan fingerprint density at radius 1 is 1.13 bits per heavy atom. The van der Waals surface area contributed by atoms with Gasteiger partial charge in [-0.15, -0.1) is 0 Å². The smallest absolute Gasteiger partial charge is 0.315 e. The van der Waals surface area contributed by atoms with Gasteiger partial charge >= 0.3 is 6.03 Å². The van der Waals surface area contributed by atoms with Crippen molar-refractivity contribution in [3.63, 3.8) is 0 Å². The molecule has 2 aliphatic rings. The van der Waals surface area contributed by atoms with Gasteiger partial charge in [-0.25, -0.2) is 4.79 Å². The van der Waals surface area contributed by atoms with Gasteiger partial charge in [0.2, 0.25) is 0 Å². The van der Waals surface area contributed by atoms with Crippen LogP contribution in [0, 0.1) is 0 Å². The Kier molecular flexibility index (Phi) is 5.84. The molecular weight excluding hydrogens is 306 g/mol. The van der Waals surface area contributed by atoms with E-state index < -0.39 is 0 Å². The molecule has 2 N–H and O–H groups in total. The Balaban J connectivity index is 1.45. The highest BCUT2D eigenvalue weighted by Crippen LogP contribution is 2.24. The van der Waals surface area contributed by atoms with Crippen molar-refractivity contribution in [3.05, 3.63) is 35.9 Å². The average Bonchev–Trinajstić information content (AvgIpc) is 3.04. The fourth-order valence-corrected chi connectivity index (χ4v) is 4.56. The van der Waals surface area contributed by atoms with Gasteiger partial charge in [0.25, 0.3) is 0 Å². The molecule has 0 bridgehead atoms. The summed E-state index contributed by atoms with van der Waals surface area (Å²) in [5.74, 6) is 2.33. The van der Waals surface area contributed by atoms with E-state index in [1.165, 1.54) is 5.56 Å². The molecule has 5 heteroatoms. The summed E-state index contributed by atoms with van der Waals surface area (Å²) < 4.78 is 0. The minimum Gasteiger partial charge on any atom is -0.335 e. The summed E-state index contributed by atoms with van der Waals surface area (Å²) in [4.78, 5) is 14.6. The lowest BCUT2D eigenvalue weighted by atomic mass is 10.1. The molecule has 2 amide bonds. The summed E-state index contributed by atoms with van der Waals surface area (Å²) in [6.07, 6.45) is 3.23. The van der Waals surface area contributed by atoms with E-state index >= 15 is 0 Å². The number of likely N-dealkylation sites (tertiary alicyclic amines) is 1. The van der Waals surface area contributed by atoms with E-state index in [9.17, 15) is 4.79 Å². The first-order chi connectivity index (χ1) is 11.2. The molecule has 4 nitrogen and oxygen atoms in total. The summed E-state index contributed by atoms with van der Waals surface area (Å²) in [7, 11) is 0. The maximum atomic E-state index is 12.2. The van der Waals surface area contributed by atoms with Gasteiger partial charge in [0.05, 0.1) is 0 Å². The first-order valence-electron chi connectivity index (χ1n) is 8.66. The van der Waals surface area contributed by atoms with Crippen LogP contribution in [0.25, 0.3) is 0 Å². The number of carbonyl (C=O) groups excluding carboxylic acids is 1. The molecule has 0 spiro atoms. The number of carbonyl (C=O) groups is 1. The van der Waals surface area contributed by atoms with E-state index in [1.54, 1.807) is 0 Å². The largest absolute Gasteiger partial charge is 0.335 e. The van der Waals surface area contributed by atoms with E-state index in [0.717, 1.165) is 43.9 Å². The SMILES string of the molecule is C[C@@H](c1ccccc1)N1CC[C@H](NC(=O)NC2CCSCC2)C1. The van der Waals surface area contributed by atoms with Crippen LogP contribution < -0.4 is 10.6 Å². The first-order valence-corrected chi connectivity index (χ1v) is 9.81.